The van der Waals surface area contributed by atoms with E-state index >= 15 is 0 Å². The highest BCUT2D eigenvalue weighted by Crippen LogP contribution is 2.33. The molecular formula is C24H25NO. The predicted molar refractivity (Wildman–Crippen MR) is 106 cm³/mol. The maximum absolute atomic E-state index is 5.29. The van der Waals surface area contributed by atoms with Crippen LogP contribution in [-0.2, 0) is 19.4 Å². The summed E-state index contributed by atoms with van der Waals surface area (Å²) in [7, 11) is 1.71. The summed E-state index contributed by atoms with van der Waals surface area (Å²) in [4.78, 5) is 2.62. The third kappa shape index (κ3) is 3.66. The second-order valence-corrected chi connectivity index (χ2v) is 6.97. The van der Waals surface area contributed by atoms with Gasteiger partial charge in [-0.3, -0.25) is 4.90 Å². The van der Waals surface area contributed by atoms with Crippen molar-refractivity contribution in [2.24, 2.45) is 0 Å². The molecule has 1 unspecified atom stereocenters. The van der Waals surface area contributed by atoms with Crippen molar-refractivity contribution in [2.45, 2.75) is 25.4 Å². The number of nitrogens with zero attached hydrogens (tertiary/aromatic N) is 1. The predicted octanol–water partition coefficient (Wildman–Crippen LogP) is 5.04. The van der Waals surface area contributed by atoms with Crippen molar-refractivity contribution in [2.75, 3.05) is 13.7 Å². The van der Waals surface area contributed by atoms with Gasteiger partial charge in [-0.15, -0.1) is 0 Å². The Balaban J connectivity index is 1.61. The van der Waals surface area contributed by atoms with E-state index in [1.165, 1.54) is 22.3 Å². The molecule has 0 fully saturated rings. The first-order chi connectivity index (χ1) is 12.8. The number of rotatable bonds is 5. The molecule has 0 saturated heterocycles. The summed E-state index contributed by atoms with van der Waals surface area (Å²) in [5.74, 6) is 0.915. The molecule has 3 aromatic carbocycles. The molecule has 1 atom stereocenters. The van der Waals surface area contributed by atoms with Crippen molar-refractivity contribution in [3.63, 3.8) is 0 Å². The van der Waals surface area contributed by atoms with Gasteiger partial charge < -0.3 is 4.74 Å². The van der Waals surface area contributed by atoms with Crippen molar-refractivity contribution in [1.29, 1.82) is 0 Å². The second kappa shape index (κ2) is 7.76. The average molecular weight is 343 g/mol. The maximum atomic E-state index is 5.29. The number of fused-ring (bicyclic) bond motifs is 1. The van der Waals surface area contributed by atoms with E-state index in [0.29, 0.717) is 6.04 Å². The summed E-state index contributed by atoms with van der Waals surface area (Å²) >= 11 is 0. The molecule has 2 heteroatoms. The van der Waals surface area contributed by atoms with Crippen LogP contribution in [0.1, 0.15) is 28.3 Å². The van der Waals surface area contributed by atoms with E-state index in [2.05, 4.69) is 83.8 Å². The normalized spacial score (nSPS) is 16.9. The van der Waals surface area contributed by atoms with E-state index in [9.17, 15) is 0 Å². The molecule has 0 saturated carbocycles. The van der Waals surface area contributed by atoms with Gasteiger partial charge in [-0.25, -0.2) is 0 Å². The Hall–Kier alpha value is -2.58. The largest absolute Gasteiger partial charge is 0.497 e. The first kappa shape index (κ1) is 16.9. The first-order valence-corrected chi connectivity index (χ1v) is 9.32. The molecular weight excluding hydrogens is 318 g/mol. The van der Waals surface area contributed by atoms with Gasteiger partial charge in [0.15, 0.2) is 0 Å². The Morgan fingerprint density at radius 3 is 2.35 bits per heavy atom. The van der Waals surface area contributed by atoms with Gasteiger partial charge in [-0.2, -0.15) is 0 Å². The SMILES string of the molecule is COc1ccc(CN2CCc3ccccc3C2Cc2ccccc2)cc1. The van der Waals surface area contributed by atoms with E-state index in [1.54, 1.807) is 7.11 Å². The zero-order chi connectivity index (χ0) is 17.8. The smallest absolute Gasteiger partial charge is 0.118 e. The van der Waals surface area contributed by atoms with Crippen LogP contribution in [-0.4, -0.2) is 18.6 Å². The Bertz CT molecular complexity index is 842. The lowest BCUT2D eigenvalue weighted by Crippen LogP contribution is -2.36. The Morgan fingerprint density at radius 1 is 0.846 bits per heavy atom. The lowest BCUT2D eigenvalue weighted by atomic mass is 9.88. The highest BCUT2D eigenvalue weighted by atomic mass is 16.5. The molecule has 0 aromatic heterocycles. The van der Waals surface area contributed by atoms with Gasteiger partial charge >= 0.3 is 0 Å². The summed E-state index contributed by atoms with van der Waals surface area (Å²) < 4.78 is 5.29. The minimum absolute atomic E-state index is 0.421. The van der Waals surface area contributed by atoms with E-state index in [1.807, 2.05) is 0 Å². The van der Waals surface area contributed by atoms with Crippen molar-refractivity contribution in [3.05, 3.63) is 101 Å². The van der Waals surface area contributed by atoms with Crippen LogP contribution in [0, 0.1) is 0 Å². The van der Waals surface area contributed by atoms with Crippen LogP contribution in [0.2, 0.25) is 0 Å². The van der Waals surface area contributed by atoms with Gasteiger partial charge in [0, 0.05) is 19.1 Å². The quantitative estimate of drug-likeness (QED) is 0.644. The van der Waals surface area contributed by atoms with Crippen molar-refractivity contribution < 1.29 is 4.74 Å². The molecule has 0 amide bonds. The van der Waals surface area contributed by atoms with E-state index < -0.39 is 0 Å². The molecule has 1 aliphatic rings. The number of methoxy groups -OCH3 is 1. The fraction of sp³-hybridized carbons (Fsp3) is 0.250. The molecule has 2 nitrogen and oxygen atoms in total. The monoisotopic (exact) mass is 343 g/mol. The van der Waals surface area contributed by atoms with Gasteiger partial charge in [0.2, 0.25) is 0 Å². The Kier molecular flexibility index (Phi) is 5.03. The molecule has 0 N–H and O–H groups in total. The number of benzene rings is 3. The standard InChI is InChI=1S/C24H25NO/c1-26-22-13-11-20(12-14-22)18-25-16-15-21-9-5-6-10-23(21)24(25)17-19-7-3-2-4-8-19/h2-14,24H,15-18H2,1H3. The van der Waals surface area contributed by atoms with Gasteiger partial charge in [0.25, 0.3) is 0 Å². The van der Waals surface area contributed by atoms with Crippen LogP contribution >= 0.6 is 0 Å². The Morgan fingerprint density at radius 2 is 1.58 bits per heavy atom. The van der Waals surface area contributed by atoms with Crippen LogP contribution in [0.5, 0.6) is 5.75 Å². The average Bonchev–Trinajstić information content (AvgIpc) is 2.71. The van der Waals surface area contributed by atoms with Gasteiger partial charge in [-0.05, 0) is 47.2 Å². The minimum atomic E-state index is 0.421. The van der Waals surface area contributed by atoms with Crippen molar-refractivity contribution >= 4 is 0 Å². The number of ether oxygens (including phenoxy) is 1. The van der Waals surface area contributed by atoms with Crippen LogP contribution in [0.3, 0.4) is 0 Å². The fourth-order valence-corrected chi connectivity index (χ4v) is 3.93. The minimum Gasteiger partial charge on any atom is -0.497 e. The zero-order valence-electron chi connectivity index (χ0n) is 15.3. The summed E-state index contributed by atoms with van der Waals surface area (Å²) in [5.41, 5.74) is 5.72. The second-order valence-electron chi connectivity index (χ2n) is 6.97. The summed E-state index contributed by atoms with van der Waals surface area (Å²) in [6, 6.07) is 28.7. The van der Waals surface area contributed by atoms with E-state index in [4.69, 9.17) is 4.74 Å². The summed E-state index contributed by atoms with van der Waals surface area (Å²) in [6.45, 7) is 2.07. The summed E-state index contributed by atoms with van der Waals surface area (Å²) in [5, 5.41) is 0. The van der Waals surface area contributed by atoms with Gasteiger partial charge in [0.1, 0.15) is 5.75 Å². The lowest BCUT2D eigenvalue weighted by molar-refractivity contribution is 0.175. The Labute approximate surface area is 156 Å². The fourth-order valence-electron chi connectivity index (χ4n) is 3.93. The van der Waals surface area contributed by atoms with Crippen LogP contribution in [0.25, 0.3) is 0 Å². The third-order valence-corrected chi connectivity index (χ3v) is 5.34. The third-order valence-electron chi connectivity index (χ3n) is 5.34. The molecule has 0 spiro atoms. The molecule has 1 heterocycles. The highest BCUT2D eigenvalue weighted by molar-refractivity contribution is 5.35. The van der Waals surface area contributed by atoms with Crippen molar-refractivity contribution in [1.82, 2.24) is 4.90 Å². The van der Waals surface area contributed by atoms with Gasteiger partial charge in [0.05, 0.1) is 7.11 Å². The molecule has 3 aromatic rings. The molecule has 0 bridgehead atoms. The highest BCUT2D eigenvalue weighted by Gasteiger charge is 2.27. The maximum Gasteiger partial charge on any atom is 0.118 e. The van der Waals surface area contributed by atoms with Crippen LogP contribution < -0.4 is 4.74 Å². The summed E-state index contributed by atoms with van der Waals surface area (Å²) in [6.07, 6.45) is 2.17. The van der Waals surface area contributed by atoms with Crippen LogP contribution in [0.4, 0.5) is 0 Å². The number of hydrogen-bond donors (Lipinski definition) is 0. The lowest BCUT2D eigenvalue weighted by Gasteiger charge is -2.37. The molecule has 0 aliphatic carbocycles. The van der Waals surface area contributed by atoms with E-state index in [0.717, 1.165) is 31.7 Å². The topological polar surface area (TPSA) is 12.5 Å². The van der Waals surface area contributed by atoms with E-state index in [-0.39, 0.29) is 0 Å². The zero-order valence-corrected chi connectivity index (χ0v) is 15.3. The number of hydrogen-bond acceptors (Lipinski definition) is 2. The molecule has 26 heavy (non-hydrogen) atoms. The molecule has 4 rings (SSSR count). The molecule has 0 radical (unpaired) electrons. The molecule has 1 aliphatic heterocycles. The van der Waals surface area contributed by atoms with Crippen LogP contribution in [0.15, 0.2) is 78.9 Å². The molecule has 132 valence electrons. The first-order valence-electron chi connectivity index (χ1n) is 9.32. The van der Waals surface area contributed by atoms with Gasteiger partial charge in [-0.1, -0.05) is 66.7 Å². The van der Waals surface area contributed by atoms with Crippen molar-refractivity contribution in [3.8, 4) is 5.75 Å².